The Kier molecular flexibility index (Phi) is 4.30. The van der Waals surface area contributed by atoms with E-state index in [0.29, 0.717) is 0 Å². The summed E-state index contributed by atoms with van der Waals surface area (Å²) in [6.07, 6.45) is 4.26. The molecule has 1 rings (SSSR count). The van der Waals surface area contributed by atoms with Crippen molar-refractivity contribution >= 4 is 5.69 Å². The van der Waals surface area contributed by atoms with E-state index in [0.717, 1.165) is 31.4 Å². The van der Waals surface area contributed by atoms with Gasteiger partial charge in [-0.25, -0.2) is 5.53 Å². The average molecular weight is 190 g/mol. The van der Waals surface area contributed by atoms with Crippen LogP contribution in [0.2, 0.25) is 0 Å². The lowest BCUT2D eigenvalue weighted by Gasteiger charge is -2.08. The minimum absolute atomic E-state index is 0.899. The third-order valence-corrected chi connectivity index (χ3v) is 2.35. The van der Waals surface area contributed by atoms with E-state index in [2.05, 4.69) is 37.2 Å². The summed E-state index contributed by atoms with van der Waals surface area (Å²) in [5, 5.41) is 3.66. The molecule has 0 saturated heterocycles. The smallest absolute Gasteiger partial charge is 0.0913 e. The quantitative estimate of drug-likeness (QED) is 0.674. The van der Waals surface area contributed by atoms with E-state index in [-0.39, 0.29) is 0 Å². The summed E-state index contributed by atoms with van der Waals surface area (Å²) >= 11 is 0. The molecule has 1 N–H and O–H groups in total. The zero-order valence-electron chi connectivity index (χ0n) is 9.01. The summed E-state index contributed by atoms with van der Waals surface area (Å²) < 4.78 is 0. The van der Waals surface area contributed by atoms with Gasteiger partial charge < -0.3 is 0 Å². The summed E-state index contributed by atoms with van der Waals surface area (Å²) in [5.74, 6) is 0. The first-order valence-corrected chi connectivity index (χ1v) is 5.31. The molecule has 14 heavy (non-hydrogen) atoms. The van der Waals surface area contributed by atoms with Gasteiger partial charge in [-0.05, 0) is 24.0 Å². The standard InChI is InChI=1S/C12H18N2/c1-3-6-10-8-5-9-11(7-4-2)12(10)14-13/h5,8-9,13H,3-4,6-7H2,1-2H3. The number of rotatable bonds is 5. The van der Waals surface area contributed by atoms with Crippen LogP contribution >= 0.6 is 0 Å². The molecule has 0 bridgehead atoms. The maximum Gasteiger partial charge on any atom is 0.0913 e. The van der Waals surface area contributed by atoms with Crippen LogP contribution in [0.5, 0.6) is 0 Å². The number of aryl methyl sites for hydroxylation is 2. The fourth-order valence-electron chi connectivity index (χ4n) is 1.73. The molecule has 0 saturated carbocycles. The minimum atomic E-state index is 0.899. The van der Waals surface area contributed by atoms with Gasteiger partial charge in [0.1, 0.15) is 0 Å². The lowest BCUT2D eigenvalue weighted by Crippen LogP contribution is -1.90. The second-order valence-corrected chi connectivity index (χ2v) is 3.54. The Balaban J connectivity index is 3.04. The summed E-state index contributed by atoms with van der Waals surface area (Å²) in [5.41, 5.74) is 10.5. The molecule has 0 amide bonds. The molecule has 0 unspecified atom stereocenters. The Morgan fingerprint density at radius 1 is 1.07 bits per heavy atom. The van der Waals surface area contributed by atoms with Gasteiger partial charge in [0.15, 0.2) is 0 Å². The monoisotopic (exact) mass is 190 g/mol. The molecule has 1 aromatic carbocycles. The number of nitrogens with one attached hydrogen (secondary N) is 1. The Labute approximate surface area is 85.9 Å². The van der Waals surface area contributed by atoms with E-state index in [1.807, 2.05) is 0 Å². The van der Waals surface area contributed by atoms with E-state index in [1.54, 1.807) is 0 Å². The van der Waals surface area contributed by atoms with E-state index in [4.69, 9.17) is 5.53 Å². The third-order valence-electron chi connectivity index (χ3n) is 2.35. The van der Waals surface area contributed by atoms with Crippen molar-refractivity contribution < 1.29 is 0 Å². The molecule has 0 aliphatic carbocycles. The molecule has 2 heteroatoms. The first-order valence-electron chi connectivity index (χ1n) is 5.31. The van der Waals surface area contributed by atoms with Crippen LogP contribution in [0.1, 0.15) is 37.8 Å². The number of hydrogen-bond donors (Lipinski definition) is 1. The number of hydrogen-bond acceptors (Lipinski definition) is 2. The topological polar surface area (TPSA) is 36.2 Å². The first kappa shape index (κ1) is 10.9. The van der Waals surface area contributed by atoms with Crippen LogP contribution in [0.15, 0.2) is 23.3 Å². The van der Waals surface area contributed by atoms with Gasteiger partial charge in [-0.1, -0.05) is 44.9 Å². The minimum Gasteiger partial charge on any atom is -0.204 e. The lowest BCUT2D eigenvalue weighted by molar-refractivity contribution is 0.886. The molecule has 0 heterocycles. The summed E-state index contributed by atoms with van der Waals surface area (Å²) in [6, 6.07) is 6.23. The van der Waals surface area contributed by atoms with E-state index >= 15 is 0 Å². The second kappa shape index (κ2) is 5.53. The number of benzene rings is 1. The Bertz CT molecular complexity index is 281. The zero-order chi connectivity index (χ0) is 10.4. The molecule has 1 aromatic rings. The largest absolute Gasteiger partial charge is 0.204 e. The first-order chi connectivity index (χ1) is 6.83. The van der Waals surface area contributed by atoms with Crippen molar-refractivity contribution in [3.8, 4) is 0 Å². The molecular weight excluding hydrogens is 172 g/mol. The van der Waals surface area contributed by atoms with Crippen molar-refractivity contribution in [2.75, 3.05) is 0 Å². The third kappa shape index (κ3) is 2.41. The molecule has 76 valence electrons. The molecule has 0 aliphatic rings. The highest BCUT2D eigenvalue weighted by Gasteiger charge is 2.05. The van der Waals surface area contributed by atoms with Gasteiger partial charge in [0, 0.05) is 0 Å². The molecule has 0 radical (unpaired) electrons. The Morgan fingerprint density at radius 2 is 1.57 bits per heavy atom. The van der Waals surface area contributed by atoms with Crippen molar-refractivity contribution in [1.29, 1.82) is 5.53 Å². The van der Waals surface area contributed by atoms with Gasteiger partial charge in [-0.15, -0.1) is 0 Å². The van der Waals surface area contributed by atoms with Gasteiger partial charge in [0.2, 0.25) is 0 Å². The molecule has 0 aromatic heterocycles. The zero-order valence-corrected chi connectivity index (χ0v) is 9.01. The van der Waals surface area contributed by atoms with Crippen molar-refractivity contribution in [2.45, 2.75) is 39.5 Å². The van der Waals surface area contributed by atoms with Crippen LogP contribution < -0.4 is 0 Å². The Morgan fingerprint density at radius 3 is 1.93 bits per heavy atom. The lowest BCUT2D eigenvalue weighted by atomic mass is 10.0. The summed E-state index contributed by atoms with van der Waals surface area (Å²) in [4.78, 5) is 0. The maximum absolute atomic E-state index is 7.21. The predicted molar refractivity (Wildman–Crippen MR) is 59.2 cm³/mol. The van der Waals surface area contributed by atoms with Gasteiger partial charge in [-0.3, -0.25) is 0 Å². The fourth-order valence-corrected chi connectivity index (χ4v) is 1.73. The van der Waals surface area contributed by atoms with Crippen LogP contribution in [0.4, 0.5) is 5.69 Å². The van der Waals surface area contributed by atoms with Crippen LogP contribution in [0.25, 0.3) is 0 Å². The average Bonchev–Trinajstić information content (AvgIpc) is 2.19. The second-order valence-electron chi connectivity index (χ2n) is 3.54. The van der Waals surface area contributed by atoms with Gasteiger partial charge in [0.25, 0.3) is 0 Å². The molecule has 0 spiro atoms. The van der Waals surface area contributed by atoms with Gasteiger partial charge >= 0.3 is 0 Å². The summed E-state index contributed by atoms with van der Waals surface area (Å²) in [6.45, 7) is 4.31. The van der Waals surface area contributed by atoms with Gasteiger partial charge in [0.05, 0.1) is 5.69 Å². The molecule has 2 nitrogen and oxygen atoms in total. The van der Waals surface area contributed by atoms with Gasteiger partial charge in [-0.2, -0.15) is 5.11 Å². The van der Waals surface area contributed by atoms with Crippen LogP contribution in [0, 0.1) is 5.53 Å². The highest BCUT2D eigenvalue weighted by Crippen LogP contribution is 2.26. The van der Waals surface area contributed by atoms with E-state index < -0.39 is 0 Å². The molecule has 0 atom stereocenters. The van der Waals surface area contributed by atoms with Crippen molar-refractivity contribution in [3.05, 3.63) is 29.3 Å². The van der Waals surface area contributed by atoms with Crippen LogP contribution in [-0.2, 0) is 12.8 Å². The molecule has 0 fully saturated rings. The SMILES string of the molecule is CCCc1cccc(CCC)c1N=N. The van der Waals surface area contributed by atoms with Crippen LogP contribution in [-0.4, -0.2) is 0 Å². The van der Waals surface area contributed by atoms with E-state index in [9.17, 15) is 0 Å². The predicted octanol–water partition coefficient (Wildman–Crippen LogP) is 4.25. The van der Waals surface area contributed by atoms with Crippen molar-refractivity contribution in [2.24, 2.45) is 5.11 Å². The highest BCUT2D eigenvalue weighted by molar-refractivity contribution is 5.52. The number of para-hydroxylation sites is 1. The van der Waals surface area contributed by atoms with Crippen LogP contribution in [0.3, 0.4) is 0 Å². The highest BCUT2D eigenvalue weighted by atomic mass is 15.0. The van der Waals surface area contributed by atoms with E-state index in [1.165, 1.54) is 11.1 Å². The molecule has 0 aliphatic heterocycles. The Hall–Kier alpha value is -1.18. The molecular formula is C12H18N2. The number of nitrogens with zero attached hydrogens (tertiary/aromatic N) is 1. The summed E-state index contributed by atoms with van der Waals surface area (Å²) in [7, 11) is 0. The van der Waals surface area contributed by atoms with Crippen molar-refractivity contribution in [1.82, 2.24) is 0 Å². The normalized spacial score (nSPS) is 10.1. The maximum atomic E-state index is 7.21. The fraction of sp³-hybridized carbons (Fsp3) is 0.500. The van der Waals surface area contributed by atoms with Crippen molar-refractivity contribution in [3.63, 3.8) is 0 Å².